The van der Waals surface area contributed by atoms with Gasteiger partial charge in [-0.1, -0.05) is 18.2 Å². The minimum Gasteiger partial charge on any atom is -0.362 e. The second kappa shape index (κ2) is 8.57. The second-order valence-corrected chi connectivity index (χ2v) is 6.35. The van der Waals surface area contributed by atoms with E-state index in [1.165, 1.54) is 6.07 Å². The quantitative estimate of drug-likeness (QED) is 0.493. The van der Waals surface area contributed by atoms with Gasteiger partial charge in [-0.05, 0) is 37.7 Å². The zero-order valence-electron chi connectivity index (χ0n) is 14.5. The Balaban J connectivity index is 1.42. The zero-order valence-corrected chi connectivity index (χ0v) is 15.3. The van der Waals surface area contributed by atoms with Crippen LogP contribution in [0.15, 0.2) is 48.8 Å². The van der Waals surface area contributed by atoms with Gasteiger partial charge < -0.3 is 10.6 Å². The first-order valence-electron chi connectivity index (χ1n) is 8.42. The van der Waals surface area contributed by atoms with Crippen molar-refractivity contribution in [2.75, 3.05) is 11.9 Å². The van der Waals surface area contributed by atoms with Gasteiger partial charge in [0.05, 0.1) is 12.2 Å². The van der Waals surface area contributed by atoms with Gasteiger partial charge >= 0.3 is 0 Å². The predicted molar refractivity (Wildman–Crippen MR) is 104 cm³/mol. The third-order valence-electron chi connectivity index (χ3n) is 3.80. The van der Waals surface area contributed by atoms with E-state index < -0.39 is 0 Å². The number of nitrogens with one attached hydrogen (secondary N) is 2. The van der Waals surface area contributed by atoms with Crippen LogP contribution in [-0.4, -0.2) is 31.2 Å². The van der Waals surface area contributed by atoms with Gasteiger partial charge in [0.1, 0.15) is 5.82 Å². The molecule has 2 aromatic heterocycles. The lowest BCUT2D eigenvalue weighted by Crippen LogP contribution is -2.30. The number of hydrogen-bond donors (Lipinski definition) is 2. The summed E-state index contributed by atoms with van der Waals surface area (Å²) in [5, 5.41) is 15.4. The molecule has 1 aromatic carbocycles. The lowest BCUT2D eigenvalue weighted by atomic mass is 10.2. The lowest BCUT2D eigenvalue weighted by molar-refractivity contribution is 0.570. The van der Waals surface area contributed by atoms with Gasteiger partial charge in [0.25, 0.3) is 0 Å². The molecule has 0 unspecified atom stereocenters. The number of benzene rings is 1. The molecule has 2 N–H and O–H groups in total. The van der Waals surface area contributed by atoms with E-state index in [0.29, 0.717) is 23.0 Å². The van der Waals surface area contributed by atoms with E-state index in [-0.39, 0.29) is 5.82 Å². The summed E-state index contributed by atoms with van der Waals surface area (Å²) in [5.41, 5.74) is 1.61. The highest BCUT2D eigenvalue weighted by molar-refractivity contribution is 7.80. The summed E-state index contributed by atoms with van der Waals surface area (Å²) in [4.78, 5) is 0. The number of thiocarbonyl (C=S) groups is 1. The summed E-state index contributed by atoms with van der Waals surface area (Å²) in [6, 6.07) is 10.5. The topological polar surface area (TPSA) is 59.7 Å². The fraction of sp³-hybridized carbons (Fsp3) is 0.278. The van der Waals surface area contributed by atoms with Gasteiger partial charge in [0, 0.05) is 37.1 Å². The third-order valence-corrected chi connectivity index (χ3v) is 4.04. The SMILES string of the molecule is Cc1ccn(CCCNC(=S)Nc2ccn(Cc3ccccc3F)n2)n1. The summed E-state index contributed by atoms with van der Waals surface area (Å²) >= 11 is 5.28. The summed E-state index contributed by atoms with van der Waals surface area (Å²) < 4.78 is 17.3. The number of nitrogens with zero attached hydrogens (tertiary/aromatic N) is 4. The number of aryl methyl sites for hydroxylation is 2. The number of anilines is 1. The number of hydrogen-bond acceptors (Lipinski definition) is 3. The van der Waals surface area contributed by atoms with Crippen molar-refractivity contribution < 1.29 is 4.39 Å². The lowest BCUT2D eigenvalue weighted by Gasteiger charge is -2.08. The third kappa shape index (κ3) is 5.13. The van der Waals surface area contributed by atoms with Crippen molar-refractivity contribution in [2.24, 2.45) is 0 Å². The molecule has 0 atom stereocenters. The molecule has 0 amide bonds. The van der Waals surface area contributed by atoms with Crippen LogP contribution in [0.25, 0.3) is 0 Å². The molecule has 0 fully saturated rings. The van der Waals surface area contributed by atoms with Crippen molar-refractivity contribution in [3.05, 3.63) is 65.9 Å². The van der Waals surface area contributed by atoms with E-state index in [4.69, 9.17) is 12.2 Å². The van der Waals surface area contributed by atoms with E-state index in [2.05, 4.69) is 20.8 Å². The second-order valence-electron chi connectivity index (χ2n) is 5.94. The summed E-state index contributed by atoms with van der Waals surface area (Å²) in [5.74, 6) is 0.392. The molecular formula is C18H21FN6S. The first-order chi connectivity index (χ1) is 12.6. The monoisotopic (exact) mass is 372 g/mol. The standard InChI is InChI=1S/C18H21FN6S/c1-14-7-11-24(22-14)10-4-9-20-18(26)21-17-8-12-25(23-17)13-15-5-2-3-6-16(15)19/h2-3,5-8,11-12H,4,9-10,13H2,1H3,(H2,20,21,23,26). The molecule has 0 radical (unpaired) electrons. The van der Waals surface area contributed by atoms with Gasteiger partial charge in [-0.3, -0.25) is 9.36 Å². The average molecular weight is 372 g/mol. The Morgan fingerprint density at radius 1 is 1.12 bits per heavy atom. The number of aromatic nitrogens is 4. The van der Waals surface area contributed by atoms with Crippen LogP contribution in [0.5, 0.6) is 0 Å². The molecule has 0 spiro atoms. The number of rotatable bonds is 7. The Morgan fingerprint density at radius 3 is 2.69 bits per heavy atom. The molecule has 0 aliphatic carbocycles. The van der Waals surface area contributed by atoms with Crippen molar-refractivity contribution in [1.29, 1.82) is 0 Å². The molecule has 3 rings (SSSR count). The Bertz CT molecular complexity index is 872. The van der Waals surface area contributed by atoms with Crippen LogP contribution in [-0.2, 0) is 13.1 Å². The van der Waals surface area contributed by atoms with Crippen molar-refractivity contribution >= 4 is 23.1 Å². The largest absolute Gasteiger partial charge is 0.362 e. The molecule has 0 saturated carbocycles. The van der Waals surface area contributed by atoms with Gasteiger partial charge in [0.2, 0.25) is 0 Å². The molecule has 2 heterocycles. The van der Waals surface area contributed by atoms with E-state index in [1.807, 2.05) is 29.9 Å². The Labute approximate surface area is 157 Å². The van der Waals surface area contributed by atoms with Gasteiger partial charge in [-0.15, -0.1) is 0 Å². The molecule has 26 heavy (non-hydrogen) atoms. The van der Waals surface area contributed by atoms with E-state index in [1.54, 1.807) is 29.1 Å². The van der Waals surface area contributed by atoms with Crippen molar-refractivity contribution in [1.82, 2.24) is 24.9 Å². The van der Waals surface area contributed by atoms with Crippen LogP contribution in [0.3, 0.4) is 0 Å². The predicted octanol–water partition coefficient (Wildman–Crippen LogP) is 2.95. The highest BCUT2D eigenvalue weighted by Gasteiger charge is 2.05. The average Bonchev–Trinajstić information content (AvgIpc) is 3.23. The summed E-state index contributed by atoms with van der Waals surface area (Å²) in [6.07, 6.45) is 4.66. The molecule has 0 aliphatic heterocycles. The maximum Gasteiger partial charge on any atom is 0.171 e. The smallest absolute Gasteiger partial charge is 0.171 e. The summed E-state index contributed by atoms with van der Waals surface area (Å²) in [7, 11) is 0. The Morgan fingerprint density at radius 2 is 1.92 bits per heavy atom. The van der Waals surface area contributed by atoms with Crippen LogP contribution in [0.4, 0.5) is 10.2 Å². The maximum atomic E-state index is 13.7. The van der Waals surface area contributed by atoms with Gasteiger partial charge in [-0.25, -0.2) is 4.39 Å². The van der Waals surface area contributed by atoms with Crippen LogP contribution < -0.4 is 10.6 Å². The molecule has 8 heteroatoms. The fourth-order valence-electron chi connectivity index (χ4n) is 2.51. The van der Waals surface area contributed by atoms with Crippen LogP contribution in [0, 0.1) is 12.7 Å². The van der Waals surface area contributed by atoms with Crippen LogP contribution >= 0.6 is 12.2 Å². The molecule has 0 saturated heterocycles. The van der Waals surface area contributed by atoms with Crippen LogP contribution in [0.1, 0.15) is 17.7 Å². The van der Waals surface area contributed by atoms with Gasteiger partial charge in [-0.2, -0.15) is 10.2 Å². The number of halogens is 1. The highest BCUT2D eigenvalue weighted by atomic mass is 32.1. The maximum absolute atomic E-state index is 13.7. The van der Waals surface area contributed by atoms with Crippen molar-refractivity contribution in [2.45, 2.75) is 26.4 Å². The normalized spacial score (nSPS) is 10.7. The van der Waals surface area contributed by atoms with E-state index in [0.717, 1.165) is 25.2 Å². The Hall–Kier alpha value is -2.74. The molecule has 3 aromatic rings. The highest BCUT2D eigenvalue weighted by Crippen LogP contribution is 2.10. The first-order valence-corrected chi connectivity index (χ1v) is 8.83. The minimum absolute atomic E-state index is 0.234. The van der Waals surface area contributed by atoms with E-state index >= 15 is 0 Å². The van der Waals surface area contributed by atoms with E-state index in [9.17, 15) is 4.39 Å². The molecule has 136 valence electrons. The Kier molecular flexibility index (Phi) is 5.96. The molecule has 0 bridgehead atoms. The molecule has 6 nitrogen and oxygen atoms in total. The minimum atomic E-state index is -0.234. The summed E-state index contributed by atoms with van der Waals surface area (Å²) in [6.45, 7) is 3.92. The van der Waals surface area contributed by atoms with Crippen LogP contribution in [0.2, 0.25) is 0 Å². The fourth-order valence-corrected chi connectivity index (χ4v) is 2.72. The van der Waals surface area contributed by atoms with Crippen molar-refractivity contribution in [3.63, 3.8) is 0 Å². The first kappa shape index (κ1) is 18.1. The zero-order chi connectivity index (χ0) is 18.4. The van der Waals surface area contributed by atoms with Gasteiger partial charge in [0.15, 0.2) is 10.9 Å². The van der Waals surface area contributed by atoms with Crippen molar-refractivity contribution in [3.8, 4) is 0 Å². The molecule has 0 aliphatic rings. The molecular weight excluding hydrogens is 351 g/mol.